The lowest BCUT2D eigenvalue weighted by Crippen LogP contribution is -2.41. The molecule has 0 N–H and O–H groups in total. The zero-order valence-corrected chi connectivity index (χ0v) is 22.6. The number of aromatic nitrogens is 1. The molecule has 1 aromatic heterocycles. The zero-order valence-electron chi connectivity index (χ0n) is 20.2. The van der Waals surface area contributed by atoms with Crippen LogP contribution in [0.5, 0.6) is 0 Å². The second kappa shape index (κ2) is 10.4. The first-order valence-corrected chi connectivity index (χ1v) is 14.4. The summed E-state index contributed by atoms with van der Waals surface area (Å²) in [7, 11) is 0. The first-order valence-electron chi connectivity index (χ1n) is 12.8. The molecule has 2 aliphatic carbocycles. The Labute approximate surface area is 216 Å². The molecule has 0 spiro atoms. The molecule has 2 heterocycles. The highest BCUT2D eigenvalue weighted by Crippen LogP contribution is 2.40. The molecule has 3 fully saturated rings. The maximum Gasteiger partial charge on any atom is 0.267 e. The van der Waals surface area contributed by atoms with Crippen molar-refractivity contribution >= 4 is 44.8 Å². The second-order valence-corrected chi connectivity index (χ2v) is 11.7. The molecule has 1 saturated heterocycles. The third kappa shape index (κ3) is 4.68. The monoisotopic (exact) mass is 539 g/mol. The summed E-state index contributed by atoms with van der Waals surface area (Å²) in [5.41, 5.74) is 4.50. The van der Waals surface area contributed by atoms with Crippen molar-refractivity contribution < 1.29 is 4.79 Å². The van der Waals surface area contributed by atoms with Crippen LogP contribution in [0.4, 0.5) is 0 Å². The quantitative estimate of drug-likeness (QED) is 0.371. The molecule has 4 nitrogen and oxygen atoms in total. The minimum atomic E-state index is 0.142. The lowest BCUT2D eigenvalue weighted by Gasteiger charge is -2.31. The van der Waals surface area contributed by atoms with Crippen LogP contribution < -0.4 is 0 Å². The second-order valence-electron chi connectivity index (χ2n) is 9.85. The maximum absolute atomic E-state index is 13.8. The van der Waals surface area contributed by atoms with Gasteiger partial charge in [0.05, 0.1) is 10.9 Å². The van der Waals surface area contributed by atoms with Crippen LogP contribution in [0.2, 0.25) is 0 Å². The summed E-state index contributed by atoms with van der Waals surface area (Å²) in [6.07, 6.45) is 14.1. The molecule has 0 unspecified atom stereocenters. The number of thioether (sulfide) groups is 1. The Hall–Kier alpha value is -1.79. The van der Waals surface area contributed by atoms with E-state index in [9.17, 15) is 4.79 Å². The number of nitrogens with zero attached hydrogens (tertiary/aromatic N) is 3. The summed E-state index contributed by atoms with van der Waals surface area (Å²) in [5.74, 6) is 0.142. The van der Waals surface area contributed by atoms with Gasteiger partial charge in [-0.25, -0.2) is 0 Å². The number of carbonyl (C=O) groups excluding carboxylic acids is 1. The van der Waals surface area contributed by atoms with Gasteiger partial charge < -0.3 is 4.57 Å². The van der Waals surface area contributed by atoms with Crippen molar-refractivity contribution in [3.8, 4) is 5.69 Å². The van der Waals surface area contributed by atoms with Crippen LogP contribution in [-0.2, 0) is 4.79 Å². The Balaban J connectivity index is 1.52. The van der Waals surface area contributed by atoms with Gasteiger partial charge in [-0.2, -0.15) is 0 Å². The first-order chi connectivity index (χ1) is 16.5. The highest BCUT2D eigenvalue weighted by atomic mass is 79.9. The minimum absolute atomic E-state index is 0.142. The number of carbonyl (C=O) groups is 1. The van der Waals surface area contributed by atoms with Crippen molar-refractivity contribution in [1.29, 1.82) is 0 Å². The fraction of sp³-hybridized carbons (Fsp3) is 0.500. The summed E-state index contributed by atoms with van der Waals surface area (Å²) in [6.45, 7) is 4.26. The van der Waals surface area contributed by atoms with E-state index >= 15 is 0 Å². The topological polar surface area (TPSA) is 37.6 Å². The molecule has 0 atom stereocenters. The van der Waals surface area contributed by atoms with Gasteiger partial charge in [0.2, 0.25) is 0 Å². The molecule has 2 aromatic rings. The van der Waals surface area contributed by atoms with Gasteiger partial charge in [-0.3, -0.25) is 14.7 Å². The molecule has 34 heavy (non-hydrogen) atoms. The first kappa shape index (κ1) is 23.9. The van der Waals surface area contributed by atoms with Gasteiger partial charge in [0.25, 0.3) is 5.91 Å². The Kier molecular flexibility index (Phi) is 7.35. The van der Waals surface area contributed by atoms with Crippen LogP contribution in [0, 0.1) is 13.8 Å². The van der Waals surface area contributed by atoms with Gasteiger partial charge in [-0.1, -0.05) is 56.7 Å². The van der Waals surface area contributed by atoms with Crippen LogP contribution in [0.15, 0.2) is 44.7 Å². The number of hydrogen-bond acceptors (Lipinski definition) is 3. The number of amidine groups is 1. The van der Waals surface area contributed by atoms with Crippen LogP contribution in [0.3, 0.4) is 0 Å². The third-order valence-electron chi connectivity index (χ3n) is 7.55. The van der Waals surface area contributed by atoms with E-state index < -0.39 is 0 Å². The van der Waals surface area contributed by atoms with Crippen LogP contribution in [0.25, 0.3) is 11.8 Å². The summed E-state index contributed by atoms with van der Waals surface area (Å²) in [6, 6.07) is 11.1. The van der Waals surface area contributed by atoms with Gasteiger partial charge in [0.15, 0.2) is 5.17 Å². The van der Waals surface area contributed by atoms with Gasteiger partial charge in [0.1, 0.15) is 0 Å². The van der Waals surface area contributed by atoms with E-state index in [1.807, 2.05) is 6.07 Å². The van der Waals surface area contributed by atoms with E-state index in [4.69, 9.17) is 4.99 Å². The van der Waals surface area contributed by atoms with Crippen LogP contribution in [-0.4, -0.2) is 32.6 Å². The van der Waals surface area contributed by atoms with E-state index in [2.05, 4.69) is 69.6 Å². The van der Waals surface area contributed by atoms with E-state index in [1.165, 1.54) is 38.5 Å². The molecule has 1 aromatic carbocycles. The van der Waals surface area contributed by atoms with Crippen LogP contribution >= 0.6 is 27.7 Å². The molecule has 1 aliphatic heterocycles. The third-order valence-corrected chi connectivity index (χ3v) is 9.55. The number of rotatable bonds is 4. The van der Waals surface area contributed by atoms with E-state index in [0.29, 0.717) is 12.1 Å². The number of aliphatic imine (C=N–C) groups is 1. The largest absolute Gasteiger partial charge is 0.317 e. The predicted octanol–water partition coefficient (Wildman–Crippen LogP) is 7.79. The average molecular weight is 541 g/mol. The Morgan fingerprint density at radius 3 is 2.26 bits per heavy atom. The predicted molar refractivity (Wildman–Crippen MR) is 147 cm³/mol. The number of benzene rings is 1. The molecule has 2 saturated carbocycles. The Bertz CT molecular complexity index is 1110. The summed E-state index contributed by atoms with van der Waals surface area (Å²) in [4.78, 5) is 21.8. The molecular weight excluding hydrogens is 506 g/mol. The van der Waals surface area contributed by atoms with Crippen molar-refractivity contribution in [1.82, 2.24) is 9.47 Å². The Morgan fingerprint density at radius 2 is 1.59 bits per heavy atom. The van der Waals surface area contributed by atoms with E-state index in [-0.39, 0.29) is 5.91 Å². The smallest absolute Gasteiger partial charge is 0.267 e. The van der Waals surface area contributed by atoms with Gasteiger partial charge in [-0.15, -0.1) is 0 Å². The lowest BCUT2D eigenvalue weighted by atomic mass is 9.94. The lowest BCUT2D eigenvalue weighted by molar-refractivity contribution is -0.124. The molecule has 0 radical (unpaired) electrons. The summed E-state index contributed by atoms with van der Waals surface area (Å²) < 4.78 is 3.31. The molecule has 6 heteroatoms. The van der Waals surface area contributed by atoms with Gasteiger partial charge >= 0.3 is 0 Å². The zero-order chi connectivity index (χ0) is 23.7. The van der Waals surface area contributed by atoms with Crippen molar-refractivity contribution in [2.24, 2.45) is 4.99 Å². The van der Waals surface area contributed by atoms with E-state index in [1.54, 1.807) is 11.8 Å². The fourth-order valence-corrected chi connectivity index (χ4v) is 7.36. The summed E-state index contributed by atoms with van der Waals surface area (Å²) >= 11 is 5.43. The number of hydrogen-bond donors (Lipinski definition) is 0. The molecule has 180 valence electrons. The van der Waals surface area contributed by atoms with Gasteiger partial charge in [-0.05, 0) is 85.4 Å². The number of para-hydroxylation sites is 1. The highest BCUT2D eigenvalue weighted by molar-refractivity contribution is 9.10. The SMILES string of the molecule is Cc1c(Br)c(/C=C2\SC(=NC3CCCCC3)N(C3CCCCC3)C2=O)c(C)n1-c1ccccc1. The normalized spacial score (nSPS) is 22.9. The average Bonchev–Trinajstić information content (AvgIpc) is 3.28. The van der Waals surface area contributed by atoms with Crippen molar-refractivity contribution in [3.05, 3.63) is 56.7 Å². The number of halogens is 1. The molecule has 1 amide bonds. The molecular formula is C28H34BrN3OS. The number of amides is 1. The molecule has 5 rings (SSSR count). The van der Waals surface area contributed by atoms with Crippen molar-refractivity contribution in [2.75, 3.05) is 0 Å². The van der Waals surface area contributed by atoms with Crippen molar-refractivity contribution in [3.63, 3.8) is 0 Å². The fourth-order valence-electron chi connectivity index (χ4n) is 5.69. The minimum Gasteiger partial charge on any atom is -0.317 e. The van der Waals surface area contributed by atoms with Crippen LogP contribution in [0.1, 0.15) is 81.2 Å². The summed E-state index contributed by atoms with van der Waals surface area (Å²) in [5, 5.41) is 0.947. The van der Waals surface area contributed by atoms with E-state index in [0.717, 1.165) is 62.9 Å². The van der Waals surface area contributed by atoms with Crippen molar-refractivity contribution in [2.45, 2.75) is 90.1 Å². The highest BCUT2D eigenvalue weighted by Gasteiger charge is 2.39. The molecule has 0 bridgehead atoms. The van der Waals surface area contributed by atoms with Gasteiger partial charge in [0, 0.05) is 33.2 Å². The standard InChI is InChI=1S/C28H34BrN3OS/c1-19-24(26(29)20(2)31(19)22-14-8-4-9-15-22)18-25-27(33)32(23-16-10-5-11-17-23)28(34-25)30-21-12-6-3-7-13-21/h4,8-9,14-15,18,21,23H,3,5-7,10-13,16-17H2,1-2H3/b25-18-,30-28?. The molecule has 3 aliphatic rings. The maximum atomic E-state index is 13.8. The Morgan fingerprint density at radius 1 is 0.941 bits per heavy atom.